The van der Waals surface area contributed by atoms with E-state index in [2.05, 4.69) is 32.4 Å². The summed E-state index contributed by atoms with van der Waals surface area (Å²) in [6.07, 6.45) is 3.39. The number of hydrogen-bond acceptors (Lipinski definition) is 6. The molecule has 2 aromatic carbocycles. The number of urea groups is 1. The molecule has 2 heterocycles. The minimum atomic E-state index is -0.547. The lowest BCUT2D eigenvalue weighted by molar-refractivity contribution is 0.0600. The second kappa shape index (κ2) is 11.3. The second-order valence-corrected chi connectivity index (χ2v) is 7.50. The van der Waals surface area contributed by atoms with Crippen LogP contribution in [0.1, 0.15) is 21.5 Å². The molecule has 0 fully saturated rings. The van der Waals surface area contributed by atoms with Crippen LogP contribution >= 0.6 is 0 Å². The highest BCUT2D eigenvalue weighted by molar-refractivity contribution is 6.00. The molecule has 36 heavy (non-hydrogen) atoms. The van der Waals surface area contributed by atoms with Crippen molar-refractivity contribution in [1.82, 2.24) is 9.97 Å². The molecule has 0 atom stereocenters. The van der Waals surface area contributed by atoms with Gasteiger partial charge in [-0.1, -0.05) is 30.0 Å². The van der Waals surface area contributed by atoms with Gasteiger partial charge in [0.05, 0.1) is 25.5 Å². The zero-order valence-corrected chi connectivity index (χ0v) is 19.6. The van der Waals surface area contributed by atoms with Gasteiger partial charge < -0.3 is 14.8 Å². The lowest BCUT2D eigenvalue weighted by Crippen LogP contribution is -2.20. The molecule has 0 saturated heterocycles. The lowest BCUT2D eigenvalue weighted by Gasteiger charge is -2.11. The number of ether oxygens (including phenoxy) is 2. The molecule has 0 bridgehead atoms. The Morgan fingerprint density at radius 3 is 2.39 bits per heavy atom. The second-order valence-electron chi connectivity index (χ2n) is 7.50. The van der Waals surface area contributed by atoms with E-state index in [9.17, 15) is 9.59 Å². The van der Waals surface area contributed by atoms with Crippen LogP contribution in [0.3, 0.4) is 0 Å². The van der Waals surface area contributed by atoms with Crippen molar-refractivity contribution in [2.45, 2.75) is 0 Å². The molecular weight excluding hydrogens is 456 g/mol. The molecule has 2 N–H and O–H groups in total. The van der Waals surface area contributed by atoms with Gasteiger partial charge in [-0.05, 0) is 48.5 Å². The van der Waals surface area contributed by atoms with E-state index < -0.39 is 12.0 Å². The van der Waals surface area contributed by atoms with E-state index in [0.29, 0.717) is 17.1 Å². The van der Waals surface area contributed by atoms with E-state index in [-0.39, 0.29) is 11.4 Å². The number of carbonyl (C=O) groups is 2. The molecule has 0 aliphatic rings. The average molecular weight is 479 g/mol. The van der Waals surface area contributed by atoms with Crippen LogP contribution in [0, 0.1) is 11.8 Å². The Morgan fingerprint density at radius 1 is 0.861 bits per heavy atom. The van der Waals surface area contributed by atoms with Crippen molar-refractivity contribution in [2.75, 3.05) is 24.9 Å². The third-order valence-electron chi connectivity index (χ3n) is 5.01. The summed E-state index contributed by atoms with van der Waals surface area (Å²) in [5.74, 6) is 6.39. The fourth-order valence-corrected chi connectivity index (χ4v) is 3.26. The number of methoxy groups -OCH3 is 2. The van der Waals surface area contributed by atoms with Gasteiger partial charge in [0.1, 0.15) is 11.6 Å². The van der Waals surface area contributed by atoms with Crippen LogP contribution in [0.15, 0.2) is 85.2 Å². The largest absolute Gasteiger partial charge is 0.497 e. The van der Waals surface area contributed by atoms with Crippen molar-refractivity contribution < 1.29 is 19.1 Å². The number of carbonyl (C=O) groups excluding carboxylic acids is 2. The SMILES string of the molecule is COC(=O)c1cc(NC(=O)Nc2cccc(OC)c2)nc(-c2ccc(C#Cc3cccnc3)cc2)c1. The van der Waals surface area contributed by atoms with E-state index in [0.717, 1.165) is 16.7 Å². The van der Waals surface area contributed by atoms with E-state index in [4.69, 9.17) is 9.47 Å². The molecule has 0 radical (unpaired) electrons. The third kappa shape index (κ3) is 6.24. The normalized spacial score (nSPS) is 9.94. The molecule has 0 saturated carbocycles. The number of pyridine rings is 2. The number of anilines is 2. The highest BCUT2D eigenvalue weighted by Gasteiger charge is 2.13. The van der Waals surface area contributed by atoms with Crippen molar-refractivity contribution in [2.24, 2.45) is 0 Å². The van der Waals surface area contributed by atoms with Gasteiger partial charge in [0, 0.05) is 40.8 Å². The van der Waals surface area contributed by atoms with Crippen LogP contribution in [0.4, 0.5) is 16.3 Å². The maximum absolute atomic E-state index is 12.6. The molecular formula is C28H22N4O4. The maximum atomic E-state index is 12.6. The monoisotopic (exact) mass is 478 g/mol. The summed E-state index contributed by atoms with van der Waals surface area (Å²) in [5.41, 5.74) is 3.64. The molecule has 0 spiro atoms. The van der Waals surface area contributed by atoms with Crippen molar-refractivity contribution in [3.8, 4) is 28.8 Å². The molecule has 8 nitrogen and oxygen atoms in total. The first kappa shape index (κ1) is 24.0. The first-order valence-corrected chi connectivity index (χ1v) is 10.9. The molecule has 2 aromatic heterocycles. The van der Waals surface area contributed by atoms with Crippen molar-refractivity contribution in [3.63, 3.8) is 0 Å². The quantitative estimate of drug-likeness (QED) is 0.310. The summed E-state index contributed by atoms with van der Waals surface area (Å²) >= 11 is 0. The summed E-state index contributed by atoms with van der Waals surface area (Å²) in [6, 6.07) is 20.6. The molecule has 0 unspecified atom stereocenters. The summed E-state index contributed by atoms with van der Waals surface area (Å²) < 4.78 is 10.0. The Hall–Kier alpha value is -5.16. The van der Waals surface area contributed by atoms with Crippen LogP contribution in [-0.2, 0) is 4.74 Å². The Labute approximate surface area is 208 Å². The molecule has 4 aromatic rings. The van der Waals surface area contributed by atoms with E-state index in [1.165, 1.54) is 13.2 Å². The topological polar surface area (TPSA) is 102 Å². The zero-order valence-electron chi connectivity index (χ0n) is 19.6. The molecule has 8 heteroatoms. The van der Waals surface area contributed by atoms with Gasteiger partial charge in [-0.25, -0.2) is 14.6 Å². The number of nitrogens with one attached hydrogen (secondary N) is 2. The Balaban J connectivity index is 1.56. The zero-order chi connectivity index (χ0) is 25.3. The first-order valence-electron chi connectivity index (χ1n) is 10.9. The highest BCUT2D eigenvalue weighted by Crippen LogP contribution is 2.23. The lowest BCUT2D eigenvalue weighted by atomic mass is 10.1. The average Bonchev–Trinajstić information content (AvgIpc) is 2.92. The summed E-state index contributed by atoms with van der Waals surface area (Å²) in [7, 11) is 2.84. The van der Waals surface area contributed by atoms with Crippen LogP contribution in [0.2, 0.25) is 0 Å². The smallest absolute Gasteiger partial charge is 0.338 e. The van der Waals surface area contributed by atoms with Crippen molar-refractivity contribution >= 4 is 23.5 Å². The summed E-state index contributed by atoms with van der Waals surface area (Å²) in [5, 5.41) is 5.39. The van der Waals surface area contributed by atoms with Crippen molar-refractivity contribution in [1.29, 1.82) is 0 Å². The minimum absolute atomic E-state index is 0.189. The number of hydrogen-bond donors (Lipinski definition) is 2. The number of aromatic nitrogens is 2. The van der Waals surface area contributed by atoms with Gasteiger partial charge >= 0.3 is 12.0 Å². The van der Waals surface area contributed by atoms with Gasteiger partial charge in [-0.2, -0.15) is 0 Å². The molecule has 2 amide bonds. The van der Waals surface area contributed by atoms with Crippen LogP contribution in [0.25, 0.3) is 11.3 Å². The standard InChI is InChI=1S/C28H22N4O4/c1-35-24-7-3-6-23(17-24)30-28(34)32-26-16-22(27(33)36-2)15-25(31-26)21-12-10-19(11-13-21)8-9-20-5-4-14-29-18-20/h3-7,10-18H,1-2H3,(H2,30,31,32,34). The summed E-state index contributed by atoms with van der Waals surface area (Å²) in [6.45, 7) is 0. The number of nitrogens with zero attached hydrogens (tertiary/aromatic N) is 2. The number of rotatable bonds is 5. The van der Waals surface area contributed by atoms with Gasteiger partial charge in [-0.15, -0.1) is 0 Å². The van der Waals surface area contributed by atoms with Gasteiger partial charge in [0.2, 0.25) is 0 Å². The Kier molecular flexibility index (Phi) is 7.54. The number of benzene rings is 2. The van der Waals surface area contributed by atoms with E-state index in [1.807, 2.05) is 36.4 Å². The number of esters is 1. The van der Waals surface area contributed by atoms with Gasteiger partial charge in [-0.3, -0.25) is 10.3 Å². The molecule has 0 aliphatic carbocycles. The molecule has 4 rings (SSSR count). The summed E-state index contributed by atoms with van der Waals surface area (Å²) in [4.78, 5) is 33.4. The first-order chi connectivity index (χ1) is 17.5. The predicted molar refractivity (Wildman–Crippen MR) is 137 cm³/mol. The van der Waals surface area contributed by atoms with Gasteiger partial charge in [0.15, 0.2) is 0 Å². The molecule has 178 valence electrons. The van der Waals surface area contributed by atoms with E-state index >= 15 is 0 Å². The predicted octanol–water partition coefficient (Wildman–Crippen LogP) is 4.98. The highest BCUT2D eigenvalue weighted by atomic mass is 16.5. The maximum Gasteiger partial charge on any atom is 0.338 e. The third-order valence-corrected chi connectivity index (χ3v) is 5.01. The van der Waals surface area contributed by atoms with E-state index in [1.54, 1.807) is 49.8 Å². The van der Waals surface area contributed by atoms with Gasteiger partial charge in [0.25, 0.3) is 0 Å². The minimum Gasteiger partial charge on any atom is -0.497 e. The Morgan fingerprint density at radius 2 is 1.67 bits per heavy atom. The van der Waals surface area contributed by atoms with Crippen LogP contribution < -0.4 is 15.4 Å². The fourth-order valence-electron chi connectivity index (χ4n) is 3.26. The molecule has 0 aliphatic heterocycles. The van der Waals surface area contributed by atoms with Crippen LogP contribution in [-0.4, -0.2) is 36.2 Å². The fraction of sp³-hybridized carbons (Fsp3) is 0.0714. The Bertz CT molecular complexity index is 1440. The number of amides is 2. The van der Waals surface area contributed by atoms with Crippen molar-refractivity contribution in [3.05, 3.63) is 102 Å². The van der Waals surface area contributed by atoms with Crippen LogP contribution in [0.5, 0.6) is 5.75 Å².